The summed E-state index contributed by atoms with van der Waals surface area (Å²) in [7, 11) is -2.85. The Morgan fingerprint density at radius 1 is 1.57 bits per heavy atom. The number of methoxy groups -OCH3 is 1. The highest BCUT2D eigenvalue weighted by molar-refractivity contribution is 7.88. The Morgan fingerprint density at radius 3 is 3.00 bits per heavy atom. The molecule has 0 spiro atoms. The number of carbonyl (C=O) groups is 1. The molecule has 2 aliphatic rings. The van der Waals surface area contributed by atoms with Gasteiger partial charge in [-0.3, -0.25) is 0 Å². The zero-order chi connectivity index (χ0) is 16.4. The van der Waals surface area contributed by atoms with Gasteiger partial charge in [-0.25, -0.2) is 14.1 Å². The molecule has 2 aliphatic heterocycles. The van der Waals surface area contributed by atoms with Gasteiger partial charge in [0.2, 0.25) is 0 Å². The highest BCUT2D eigenvalue weighted by Gasteiger charge is 2.36. The molecule has 0 saturated carbocycles. The molecule has 0 radical (unpaired) electrons. The van der Waals surface area contributed by atoms with E-state index in [9.17, 15) is 13.2 Å². The normalized spacial score (nSPS) is 23.3. The van der Waals surface area contributed by atoms with Crippen molar-refractivity contribution in [2.45, 2.75) is 18.9 Å². The van der Waals surface area contributed by atoms with Gasteiger partial charge in [-0.15, -0.1) is 15.7 Å². The van der Waals surface area contributed by atoms with Gasteiger partial charge in [0.25, 0.3) is 0 Å². The van der Waals surface area contributed by atoms with E-state index in [1.54, 1.807) is 11.6 Å². The number of allylic oxidation sites excluding steroid dienone is 1. The number of ether oxygens (including phenoxy) is 2. The van der Waals surface area contributed by atoms with Crippen LogP contribution in [0.1, 0.15) is 17.8 Å². The summed E-state index contributed by atoms with van der Waals surface area (Å²) in [5, 5.41) is 2.13. The molecule has 0 aromatic carbocycles. The van der Waals surface area contributed by atoms with Crippen LogP contribution in [0.25, 0.3) is 0 Å². The average Bonchev–Trinajstić information content (AvgIpc) is 3.20. The van der Waals surface area contributed by atoms with E-state index in [1.165, 1.54) is 24.5 Å². The Labute approximate surface area is 137 Å². The first-order chi connectivity index (χ1) is 11.0. The molecule has 10 heteroatoms. The van der Waals surface area contributed by atoms with Crippen LogP contribution in [0.5, 0.6) is 0 Å². The van der Waals surface area contributed by atoms with Gasteiger partial charge < -0.3 is 9.47 Å². The molecule has 3 rings (SSSR count). The Hall–Kier alpha value is -1.78. The number of hydrogen-bond donors (Lipinski definition) is 0. The zero-order valence-corrected chi connectivity index (χ0v) is 14.0. The molecule has 23 heavy (non-hydrogen) atoms. The van der Waals surface area contributed by atoms with Gasteiger partial charge in [0.05, 0.1) is 19.8 Å². The van der Waals surface area contributed by atoms with Crippen molar-refractivity contribution >= 4 is 33.2 Å². The van der Waals surface area contributed by atoms with Crippen molar-refractivity contribution in [2.24, 2.45) is 4.40 Å². The Balaban J connectivity index is 1.98. The molecule has 8 nitrogen and oxygen atoms in total. The first kappa shape index (κ1) is 16.1. The molecule has 1 unspecified atom stereocenters. The largest absolute Gasteiger partial charge is 0.464 e. The number of rotatable bonds is 4. The van der Waals surface area contributed by atoms with Crippen LogP contribution < -0.4 is 0 Å². The number of thiazole rings is 1. The average molecular weight is 357 g/mol. The monoisotopic (exact) mass is 357 g/mol. The van der Waals surface area contributed by atoms with Crippen molar-refractivity contribution in [3.63, 3.8) is 0 Å². The first-order valence-corrected chi connectivity index (χ1v) is 9.23. The third kappa shape index (κ3) is 3.28. The van der Waals surface area contributed by atoms with Crippen molar-refractivity contribution in [3.8, 4) is 0 Å². The molecule has 1 atom stereocenters. The topological polar surface area (TPSA) is 98.2 Å². The second-order valence-electron chi connectivity index (χ2n) is 4.98. The number of nitrogens with zero attached hydrogens (tertiary/aromatic N) is 3. The molecule has 1 saturated heterocycles. The van der Waals surface area contributed by atoms with Gasteiger partial charge >= 0.3 is 16.2 Å². The van der Waals surface area contributed by atoms with Crippen LogP contribution in [0.3, 0.4) is 0 Å². The third-order valence-corrected chi connectivity index (χ3v) is 5.60. The second kappa shape index (κ2) is 6.38. The van der Waals surface area contributed by atoms with E-state index >= 15 is 0 Å². The lowest BCUT2D eigenvalue weighted by Gasteiger charge is -2.28. The summed E-state index contributed by atoms with van der Waals surface area (Å²) in [4.78, 5) is 16.1. The third-order valence-electron chi connectivity index (χ3n) is 3.47. The van der Waals surface area contributed by atoms with E-state index in [0.717, 1.165) is 17.1 Å². The minimum atomic E-state index is -4.05. The first-order valence-electron chi connectivity index (χ1n) is 6.95. The SMILES string of the molecule is COC(=O)C1=CC(c2nccs2)=NS(=O)(=O)N1CC1CCCO1. The molecular weight excluding hydrogens is 342 g/mol. The van der Waals surface area contributed by atoms with Gasteiger partial charge in [-0.1, -0.05) is 0 Å². The number of carbonyl (C=O) groups excluding carboxylic acids is 1. The number of esters is 1. The molecule has 3 heterocycles. The quantitative estimate of drug-likeness (QED) is 0.737. The van der Waals surface area contributed by atoms with Crippen LogP contribution in [0.15, 0.2) is 27.7 Å². The Kier molecular flexibility index (Phi) is 4.46. The van der Waals surface area contributed by atoms with Gasteiger partial charge in [-0.2, -0.15) is 8.42 Å². The smallest absolute Gasteiger partial charge is 0.355 e. The highest BCUT2D eigenvalue weighted by atomic mass is 32.2. The maximum Gasteiger partial charge on any atom is 0.355 e. The molecule has 0 bridgehead atoms. The van der Waals surface area contributed by atoms with Crippen LogP contribution >= 0.6 is 11.3 Å². The molecule has 124 valence electrons. The van der Waals surface area contributed by atoms with Crippen LogP contribution in [0, 0.1) is 0 Å². The van der Waals surface area contributed by atoms with E-state index in [-0.39, 0.29) is 24.1 Å². The van der Waals surface area contributed by atoms with Gasteiger partial charge in [0, 0.05) is 18.2 Å². The van der Waals surface area contributed by atoms with Crippen molar-refractivity contribution in [3.05, 3.63) is 28.4 Å². The number of hydrogen-bond acceptors (Lipinski definition) is 7. The fraction of sp³-hybridized carbons (Fsp3) is 0.462. The van der Waals surface area contributed by atoms with E-state index in [4.69, 9.17) is 9.47 Å². The van der Waals surface area contributed by atoms with E-state index in [0.29, 0.717) is 11.6 Å². The molecule has 1 aromatic heterocycles. The minimum Gasteiger partial charge on any atom is -0.464 e. The maximum absolute atomic E-state index is 12.5. The number of aromatic nitrogens is 1. The van der Waals surface area contributed by atoms with Crippen LogP contribution in [0.4, 0.5) is 0 Å². The molecular formula is C13H15N3O5S2. The van der Waals surface area contributed by atoms with Crippen molar-refractivity contribution in [1.82, 2.24) is 9.29 Å². The van der Waals surface area contributed by atoms with Crippen molar-refractivity contribution in [1.29, 1.82) is 0 Å². The summed E-state index contributed by atoms with van der Waals surface area (Å²) in [5.74, 6) is -0.740. The molecule has 1 aromatic rings. The molecule has 1 fully saturated rings. The van der Waals surface area contributed by atoms with Gasteiger partial charge in [-0.05, 0) is 18.9 Å². The predicted octanol–water partition coefficient (Wildman–Crippen LogP) is 0.728. The van der Waals surface area contributed by atoms with E-state index in [1.807, 2.05) is 0 Å². The van der Waals surface area contributed by atoms with Crippen LogP contribution in [0.2, 0.25) is 0 Å². The molecule has 0 aliphatic carbocycles. The lowest BCUT2D eigenvalue weighted by molar-refractivity contribution is -0.137. The predicted molar refractivity (Wildman–Crippen MR) is 83.3 cm³/mol. The van der Waals surface area contributed by atoms with E-state index in [2.05, 4.69) is 9.38 Å². The summed E-state index contributed by atoms with van der Waals surface area (Å²) in [6.07, 6.45) is 4.28. The highest BCUT2D eigenvalue weighted by Crippen LogP contribution is 2.25. The van der Waals surface area contributed by atoms with E-state index < -0.39 is 16.2 Å². The van der Waals surface area contributed by atoms with Gasteiger partial charge in [0.15, 0.2) is 0 Å². The fourth-order valence-corrected chi connectivity index (χ4v) is 4.28. The Morgan fingerprint density at radius 2 is 2.39 bits per heavy atom. The maximum atomic E-state index is 12.5. The summed E-state index contributed by atoms with van der Waals surface area (Å²) < 4.78 is 39.9. The molecule has 0 N–H and O–H groups in total. The lowest BCUT2D eigenvalue weighted by Crippen LogP contribution is -2.41. The zero-order valence-electron chi connectivity index (χ0n) is 12.3. The summed E-state index contributed by atoms with van der Waals surface area (Å²) >= 11 is 1.24. The summed E-state index contributed by atoms with van der Waals surface area (Å²) in [6.45, 7) is 0.626. The van der Waals surface area contributed by atoms with Crippen molar-refractivity contribution in [2.75, 3.05) is 20.3 Å². The van der Waals surface area contributed by atoms with Gasteiger partial charge in [0.1, 0.15) is 16.4 Å². The van der Waals surface area contributed by atoms with Crippen LogP contribution in [-0.4, -0.2) is 55.8 Å². The standard InChI is InChI=1S/C13H15N3O5S2/c1-20-13(17)11-7-10(12-14-4-6-22-12)15-23(18,19)16(11)8-9-3-2-5-21-9/h4,6-7,9H,2-3,5,8H2,1H3. The lowest BCUT2D eigenvalue weighted by atomic mass is 10.2. The minimum absolute atomic E-state index is 0.0396. The second-order valence-corrected chi connectivity index (χ2v) is 7.39. The molecule has 0 amide bonds. The summed E-state index contributed by atoms with van der Waals surface area (Å²) in [6, 6.07) is 0. The Bertz CT molecular complexity index is 749. The fourth-order valence-electron chi connectivity index (χ4n) is 2.41. The van der Waals surface area contributed by atoms with Crippen LogP contribution in [-0.2, 0) is 24.5 Å². The summed E-state index contributed by atoms with van der Waals surface area (Å²) in [5.41, 5.74) is 0.0483. The van der Waals surface area contributed by atoms with Crippen molar-refractivity contribution < 1.29 is 22.7 Å².